The van der Waals surface area contributed by atoms with E-state index in [1.165, 1.54) is 0 Å². The van der Waals surface area contributed by atoms with Crippen molar-refractivity contribution in [3.05, 3.63) is 40.7 Å². The molecule has 2 aromatic rings. The fourth-order valence-electron chi connectivity index (χ4n) is 1.28. The highest BCUT2D eigenvalue weighted by Gasteiger charge is 2.12. The Hall–Kier alpha value is -1.51. The van der Waals surface area contributed by atoms with Gasteiger partial charge in [-0.1, -0.05) is 28.9 Å². The maximum Gasteiger partial charge on any atom is 0.216 e. The molecule has 0 fully saturated rings. The summed E-state index contributed by atoms with van der Waals surface area (Å²) in [5.41, 5.74) is 0.653. The summed E-state index contributed by atoms with van der Waals surface area (Å²) < 4.78 is 25.9. The molecule has 1 heterocycles. The lowest BCUT2D eigenvalue weighted by Gasteiger charge is -2.04. The highest BCUT2D eigenvalue weighted by molar-refractivity contribution is 7.88. The number of halogens is 1. The van der Waals surface area contributed by atoms with Gasteiger partial charge < -0.3 is 0 Å². The predicted molar refractivity (Wildman–Crippen MR) is 65.1 cm³/mol. The van der Waals surface area contributed by atoms with Crippen LogP contribution in [0.1, 0.15) is 11.4 Å². The van der Waals surface area contributed by atoms with Gasteiger partial charge >= 0.3 is 0 Å². The van der Waals surface area contributed by atoms with Gasteiger partial charge in [0.1, 0.15) is 0 Å². The van der Waals surface area contributed by atoms with Gasteiger partial charge in [-0.3, -0.25) is 0 Å². The zero-order valence-corrected chi connectivity index (χ0v) is 10.7. The van der Waals surface area contributed by atoms with Crippen molar-refractivity contribution in [3.8, 4) is 0 Å². The molecule has 9 heteroatoms. The highest BCUT2D eigenvalue weighted by atomic mass is 35.5. The third kappa shape index (κ3) is 3.76. The monoisotopic (exact) mass is 287 g/mol. The van der Waals surface area contributed by atoms with E-state index in [1.807, 2.05) is 0 Å². The van der Waals surface area contributed by atoms with Gasteiger partial charge in [0.25, 0.3) is 0 Å². The Morgan fingerprint density at radius 1 is 1.28 bits per heavy atom. The van der Waals surface area contributed by atoms with Crippen molar-refractivity contribution in [2.24, 2.45) is 0 Å². The molecule has 18 heavy (non-hydrogen) atoms. The quantitative estimate of drug-likeness (QED) is 0.833. The summed E-state index contributed by atoms with van der Waals surface area (Å²) in [6, 6.07) is 6.61. The summed E-state index contributed by atoms with van der Waals surface area (Å²) in [4.78, 5) is 0. The van der Waals surface area contributed by atoms with Crippen molar-refractivity contribution >= 4 is 21.6 Å². The van der Waals surface area contributed by atoms with Crippen molar-refractivity contribution in [3.63, 3.8) is 0 Å². The van der Waals surface area contributed by atoms with E-state index in [1.54, 1.807) is 24.3 Å². The molecule has 2 N–H and O–H groups in total. The minimum absolute atomic E-state index is 0.00637. The number of aromatic amines is 1. The second-order valence-corrected chi connectivity index (χ2v) is 5.78. The lowest BCUT2D eigenvalue weighted by atomic mass is 10.2. The van der Waals surface area contributed by atoms with E-state index in [0.717, 1.165) is 0 Å². The second-order valence-electron chi connectivity index (χ2n) is 3.53. The van der Waals surface area contributed by atoms with Gasteiger partial charge in [0.15, 0.2) is 5.82 Å². The second kappa shape index (κ2) is 5.42. The van der Waals surface area contributed by atoms with E-state index >= 15 is 0 Å². The van der Waals surface area contributed by atoms with Crippen LogP contribution in [0.3, 0.4) is 0 Å². The van der Waals surface area contributed by atoms with Crippen LogP contribution in [0.4, 0.5) is 0 Å². The molecule has 0 aliphatic rings. The molecule has 0 unspecified atom stereocenters. The predicted octanol–water partition coefficient (Wildman–Crippen LogP) is 0.473. The van der Waals surface area contributed by atoms with E-state index < -0.39 is 10.0 Å². The van der Waals surface area contributed by atoms with Gasteiger partial charge in [-0.25, -0.2) is 13.1 Å². The molecule has 0 saturated carbocycles. The maximum atomic E-state index is 11.7. The first-order valence-corrected chi connectivity index (χ1v) is 7.02. The van der Waals surface area contributed by atoms with E-state index in [2.05, 4.69) is 25.3 Å². The Labute approximate surface area is 109 Å². The number of benzene rings is 1. The number of aromatic nitrogens is 4. The molecule has 0 amide bonds. The van der Waals surface area contributed by atoms with Crippen molar-refractivity contribution < 1.29 is 8.42 Å². The molecule has 0 radical (unpaired) electrons. The van der Waals surface area contributed by atoms with E-state index in [0.29, 0.717) is 10.6 Å². The molecule has 7 nitrogen and oxygen atoms in total. The number of nitrogens with one attached hydrogen (secondary N) is 2. The number of nitrogens with zero attached hydrogens (tertiary/aromatic N) is 3. The smallest absolute Gasteiger partial charge is 0.212 e. The number of hydrogen-bond donors (Lipinski definition) is 2. The van der Waals surface area contributed by atoms with Crippen molar-refractivity contribution in [1.29, 1.82) is 0 Å². The zero-order valence-electron chi connectivity index (χ0n) is 9.17. The molecular weight excluding hydrogens is 278 g/mol. The number of sulfonamides is 1. The fraction of sp³-hybridized carbons (Fsp3) is 0.222. The lowest BCUT2D eigenvalue weighted by molar-refractivity contribution is 0.578. The van der Waals surface area contributed by atoms with Gasteiger partial charge in [0.2, 0.25) is 10.0 Å². The Kier molecular flexibility index (Phi) is 3.90. The number of H-pyrrole nitrogens is 1. The molecule has 0 aliphatic heterocycles. The van der Waals surface area contributed by atoms with Crippen LogP contribution in [-0.2, 0) is 22.3 Å². The van der Waals surface area contributed by atoms with Gasteiger partial charge in [-0.15, -0.1) is 10.2 Å². The average Bonchev–Trinajstić information content (AvgIpc) is 2.83. The largest absolute Gasteiger partial charge is 0.216 e. The van der Waals surface area contributed by atoms with Crippen LogP contribution < -0.4 is 4.72 Å². The van der Waals surface area contributed by atoms with Gasteiger partial charge in [0.05, 0.1) is 12.3 Å². The molecule has 0 atom stereocenters. The minimum atomic E-state index is -3.44. The maximum absolute atomic E-state index is 11.7. The van der Waals surface area contributed by atoms with Crippen molar-refractivity contribution in [2.75, 3.05) is 0 Å². The van der Waals surface area contributed by atoms with Crippen LogP contribution >= 0.6 is 11.6 Å². The fourth-order valence-corrected chi connectivity index (χ4v) is 2.49. The van der Waals surface area contributed by atoms with Crippen LogP contribution in [-0.4, -0.2) is 29.0 Å². The summed E-state index contributed by atoms with van der Waals surface area (Å²) in [7, 11) is -3.44. The zero-order chi connectivity index (χ0) is 13.0. The van der Waals surface area contributed by atoms with Crippen molar-refractivity contribution in [2.45, 2.75) is 12.3 Å². The summed E-state index contributed by atoms with van der Waals surface area (Å²) >= 11 is 5.72. The Morgan fingerprint density at radius 3 is 2.61 bits per heavy atom. The molecule has 1 aromatic heterocycles. The van der Waals surface area contributed by atoms with Crippen LogP contribution in [0, 0.1) is 0 Å². The molecule has 0 bridgehead atoms. The van der Waals surface area contributed by atoms with E-state index in [9.17, 15) is 8.42 Å². The normalized spacial score (nSPS) is 11.6. The first-order chi connectivity index (χ1) is 8.55. The summed E-state index contributed by atoms with van der Waals surface area (Å²) in [6.07, 6.45) is 0. The first-order valence-electron chi connectivity index (χ1n) is 4.99. The topological polar surface area (TPSA) is 101 Å². The van der Waals surface area contributed by atoms with Gasteiger partial charge in [-0.2, -0.15) is 5.21 Å². The Bertz CT molecular complexity index is 596. The standard InChI is InChI=1S/C9H10ClN5O2S/c10-8-3-1-7(2-4-8)6-18(16,17)11-5-9-12-14-15-13-9/h1-4,11H,5-6H2,(H,12,13,14,15). The number of tetrazole rings is 1. The first kappa shape index (κ1) is 12.9. The van der Waals surface area contributed by atoms with E-state index in [4.69, 9.17) is 11.6 Å². The van der Waals surface area contributed by atoms with Gasteiger partial charge in [-0.05, 0) is 17.7 Å². The van der Waals surface area contributed by atoms with Crippen LogP contribution in [0.5, 0.6) is 0 Å². The van der Waals surface area contributed by atoms with Gasteiger partial charge in [0, 0.05) is 5.02 Å². The third-order valence-electron chi connectivity index (χ3n) is 2.11. The molecule has 1 aromatic carbocycles. The number of rotatable bonds is 5. The average molecular weight is 288 g/mol. The molecule has 0 saturated heterocycles. The van der Waals surface area contributed by atoms with Crippen LogP contribution in [0.15, 0.2) is 24.3 Å². The summed E-state index contributed by atoms with van der Waals surface area (Å²) in [5.74, 6) is 0.164. The molecule has 2 rings (SSSR count). The molecule has 0 aliphatic carbocycles. The minimum Gasteiger partial charge on any atom is -0.212 e. The molecule has 0 spiro atoms. The summed E-state index contributed by atoms with van der Waals surface area (Å²) in [5, 5.41) is 13.4. The highest BCUT2D eigenvalue weighted by Crippen LogP contribution is 2.11. The SMILES string of the molecule is O=S(=O)(Cc1ccc(Cl)cc1)NCc1nn[nH]n1. The van der Waals surface area contributed by atoms with E-state index in [-0.39, 0.29) is 18.1 Å². The Balaban J connectivity index is 1.97. The molecular formula is C9H10ClN5O2S. The van der Waals surface area contributed by atoms with Crippen molar-refractivity contribution in [1.82, 2.24) is 25.3 Å². The van der Waals surface area contributed by atoms with Crippen LogP contribution in [0.2, 0.25) is 5.02 Å². The Morgan fingerprint density at radius 2 is 2.00 bits per heavy atom. The third-order valence-corrected chi connectivity index (χ3v) is 3.66. The molecule has 96 valence electrons. The lowest BCUT2D eigenvalue weighted by Crippen LogP contribution is -2.25. The summed E-state index contributed by atoms with van der Waals surface area (Å²) in [6.45, 7) is 0.00637. The number of hydrogen-bond acceptors (Lipinski definition) is 5. The van der Waals surface area contributed by atoms with Crippen LogP contribution in [0.25, 0.3) is 0 Å².